The maximum Gasteiger partial charge on any atom is 0.0945 e. The van der Waals surface area contributed by atoms with Crippen LogP contribution in [0.5, 0.6) is 0 Å². The second kappa shape index (κ2) is 77.1. The predicted octanol–water partition coefficient (Wildman–Crippen LogP) is 5.70. The highest BCUT2D eigenvalue weighted by Gasteiger charge is 2.08. The molecule has 23 nitrogen and oxygen atoms in total. The number of nitrogens with zero attached hydrogens (tertiary/aromatic N) is 1. The largest absolute Gasteiger partial charge is 0.394 e. The summed E-state index contributed by atoms with van der Waals surface area (Å²) in [6, 6.07) is 0. The third-order valence-electron chi connectivity index (χ3n) is 11.5. The van der Waals surface area contributed by atoms with Gasteiger partial charge in [0.05, 0.1) is 271 Å². The normalized spacial score (nSPS) is 11.9. The van der Waals surface area contributed by atoms with Crippen molar-refractivity contribution in [1.82, 2.24) is 5.23 Å². The highest BCUT2D eigenvalue weighted by atomic mass is 17.0. The monoisotopic (exact) mass is 1180 g/mol. The van der Waals surface area contributed by atoms with E-state index in [2.05, 4.69) is 6.92 Å². The average Bonchev–Trinajstić information content (AvgIpc) is 3.47. The highest BCUT2D eigenvalue weighted by Crippen LogP contribution is 2.14. The predicted molar refractivity (Wildman–Crippen MR) is 307 cm³/mol. The summed E-state index contributed by atoms with van der Waals surface area (Å²) in [6.07, 6.45) is 21.2. The summed E-state index contributed by atoms with van der Waals surface area (Å²) < 4.78 is 98.9. The minimum atomic E-state index is 0.0179. The Balaban J connectivity index is 3.89. The van der Waals surface area contributed by atoms with Crippen LogP contribution >= 0.6 is 0 Å². The van der Waals surface area contributed by atoms with Gasteiger partial charge in [-0.1, -0.05) is 108 Å². The molecule has 0 amide bonds. The van der Waals surface area contributed by atoms with E-state index in [-0.39, 0.29) is 13.2 Å². The van der Waals surface area contributed by atoms with Gasteiger partial charge in [-0.05, 0) is 6.42 Å². The minimum Gasteiger partial charge on any atom is -0.394 e. The number of ether oxygens (including phenoxy) is 18. The molecule has 2 N–H and O–H groups in total. The summed E-state index contributed by atoms with van der Waals surface area (Å²) in [7, 11) is 0. The van der Waals surface area contributed by atoms with Crippen LogP contribution in [0.25, 0.3) is 0 Å². The maximum atomic E-state index is 8.65. The molecule has 0 spiro atoms. The molecule has 81 heavy (non-hydrogen) atoms. The molecule has 0 unspecified atom stereocenters. The maximum absolute atomic E-state index is 8.65. The Hall–Kier alpha value is -0.920. The van der Waals surface area contributed by atoms with Crippen molar-refractivity contribution in [2.24, 2.45) is 0 Å². The molecule has 0 aromatic heterocycles. The Bertz CT molecular complexity index is 1030. The number of unbranched alkanes of at least 4 members (excludes halogenated alkanes) is 15. The average molecular weight is 1180 g/mol. The molecule has 0 saturated heterocycles. The first-order valence-corrected chi connectivity index (χ1v) is 31.0. The molecule has 488 valence electrons. The molecule has 0 atom stereocenters. The summed E-state index contributed by atoms with van der Waals surface area (Å²) in [5, 5.41) is 18.9. The lowest BCUT2D eigenvalue weighted by atomic mass is 10.0. The Labute approximate surface area is 489 Å². The number of hydrogen-bond acceptors (Lipinski definition) is 23. The Morgan fingerprint density at radius 3 is 0.506 bits per heavy atom. The molecule has 0 rings (SSSR count). The van der Waals surface area contributed by atoms with Crippen molar-refractivity contribution in [3.8, 4) is 0 Å². The quantitative estimate of drug-likeness (QED) is 0.0550. The van der Waals surface area contributed by atoms with Crippen LogP contribution in [-0.2, 0) is 94.9 Å². The van der Waals surface area contributed by atoms with Gasteiger partial charge in [-0.3, -0.25) is 9.68 Å². The van der Waals surface area contributed by atoms with Gasteiger partial charge < -0.3 is 95.5 Å². The van der Waals surface area contributed by atoms with Gasteiger partial charge >= 0.3 is 0 Å². The zero-order valence-electron chi connectivity index (χ0n) is 50.8. The van der Waals surface area contributed by atoms with E-state index in [0.29, 0.717) is 258 Å². The molecular weight excluding hydrogens is 1060 g/mol. The lowest BCUT2D eigenvalue weighted by Crippen LogP contribution is -2.29. The van der Waals surface area contributed by atoms with Crippen molar-refractivity contribution in [1.29, 1.82) is 0 Å². The van der Waals surface area contributed by atoms with E-state index >= 15 is 0 Å². The number of aliphatic hydroxyl groups is 2. The number of hydrogen-bond donors (Lipinski definition) is 2. The van der Waals surface area contributed by atoms with Crippen LogP contribution in [-0.4, -0.2) is 286 Å². The molecule has 0 saturated carbocycles. The summed E-state index contributed by atoms with van der Waals surface area (Å²) in [4.78, 5) is 11.9. The highest BCUT2D eigenvalue weighted by molar-refractivity contribution is 4.51. The van der Waals surface area contributed by atoms with Crippen molar-refractivity contribution in [2.45, 2.75) is 110 Å². The lowest BCUT2D eigenvalue weighted by Gasteiger charge is -2.21. The molecule has 0 heterocycles. The topological polar surface area (TPSA) is 228 Å². The number of hydroxylamine groups is 2. The van der Waals surface area contributed by atoms with Gasteiger partial charge in [-0.15, -0.1) is 0 Å². The van der Waals surface area contributed by atoms with Crippen LogP contribution in [0.1, 0.15) is 110 Å². The summed E-state index contributed by atoms with van der Waals surface area (Å²) >= 11 is 0. The fourth-order valence-corrected chi connectivity index (χ4v) is 7.20. The Morgan fingerprint density at radius 1 is 0.185 bits per heavy atom. The summed E-state index contributed by atoms with van der Waals surface area (Å²) in [5.74, 6) is 0. The van der Waals surface area contributed by atoms with Gasteiger partial charge in [-0.25, -0.2) is 0 Å². The summed E-state index contributed by atoms with van der Waals surface area (Å²) in [6.45, 7) is 20.7. The van der Waals surface area contributed by atoms with E-state index in [0.717, 1.165) is 12.8 Å². The molecule has 0 bridgehead atoms. The van der Waals surface area contributed by atoms with Gasteiger partial charge in [0.1, 0.15) is 0 Å². The van der Waals surface area contributed by atoms with Crippen LogP contribution in [0.3, 0.4) is 0 Å². The minimum absolute atomic E-state index is 0.0179. The van der Waals surface area contributed by atoms with Crippen molar-refractivity contribution in [2.75, 3.05) is 271 Å². The van der Waals surface area contributed by atoms with Gasteiger partial charge in [0.2, 0.25) is 0 Å². The zero-order valence-corrected chi connectivity index (χ0v) is 50.8. The van der Waals surface area contributed by atoms with Crippen molar-refractivity contribution < 1.29 is 105 Å². The molecule has 23 heteroatoms. The van der Waals surface area contributed by atoms with E-state index in [4.69, 9.17) is 105 Å². The molecular formula is C58H119NO22. The Morgan fingerprint density at radius 2 is 0.333 bits per heavy atom. The van der Waals surface area contributed by atoms with E-state index < -0.39 is 0 Å². The van der Waals surface area contributed by atoms with Crippen LogP contribution in [0, 0.1) is 0 Å². The first-order chi connectivity index (χ1) is 40.3. The van der Waals surface area contributed by atoms with E-state index in [1.165, 1.54) is 89.9 Å². The molecule has 0 fully saturated rings. The van der Waals surface area contributed by atoms with Crippen LogP contribution in [0.2, 0.25) is 0 Å². The van der Waals surface area contributed by atoms with Crippen LogP contribution in [0.15, 0.2) is 0 Å². The van der Waals surface area contributed by atoms with Crippen LogP contribution in [0.4, 0.5) is 0 Å². The van der Waals surface area contributed by atoms with Crippen LogP contribution < -0.4 is 0 Å². The Kier molecular flexibility index (Phi) is 76.2. The van der Waals surface area contributed by atoms with Crippen molar-refractivity contribution in [3.05, 3.63) is 0 Å². The summed E-state index contributed by atoms with van der Waals surface area (Å²) in [5.41, 5.74) is 0. The second-order valence-corrected chi connectivity index (χ2v) is 18.5. The molecule has 0 aliphatic heterocycles. The third kappa shape index (κ3) is 75.1. The van der Waals surface area contributed by atoms with Gasteiger partial charge in [0, 0.05) is 0 Å². The second-order valence-electron chi connectivity index (χ2n) is 18.5. The molecule has 0 radical (unpaired) electrons. The smallest absolute Gasteiger partial charge is 0.0945 e. The SMILES string of the molecule is CCCCCCCCCCCCCCCCCCN(OCCOCCOCCOCCOCCOCCOCCOCCOCCOCCO)OCCOCCOCCOCCOCCOCCOCCOCCOCCOCCO. The van der Waals surface area contributed by atoms with Gasteiger partial charge in [-0.2, -0.15) is 0 Å². The van der Waals surface area contributed by atoms with Crippen molar-refractivity contribution >= 4 is 0 Å². The third-order valence-corrected chi connectivity index (χ3v) is 11.5. The van der Waals surface area contributed by atoms with E-state index in [9.17, 15) is 0 Å². The fraction of sp³-hybridized carbons (Fsp3) is 1.00. The van der Waals surface area contributed by atoms with E-state index in [1.54, 1.807) is 5.23 Å². The lowest BCUT2D eigenvalue weighted by molar-refractivity contribution is -0.372. The number of aliphatic hydroxyl groups excluding tert-OH is 2. The molecule has 0 aromatic carbocycles. The van der Waals surface area contributed by atoms with Crippen molar-refractivity contribution in [3.63, 3.8) is 0 Å². The fourth-order valence-electron chi connectivity index (χ4n) is 7.20. The van der Waals surface area contributed by atoms with Gasteiger partial charge in [0.25, 0.3) is 0 Å². The molecule has 0 aliphatic carbocycles. The van der Waals surface area contributed by atoms with E-state index in [1.807, 2.05) is 0 Å². The first-order valence-electron chi connectivity index (χ1n) is 31.0. The zero-order chi connectivity index (χ0) is 58.0. The standard InChI is InChI=1S/C58H119NO22/c1-2-3-4-5-6-7-8-9-10-11-12-13-14-15-16-17-18-59(80-57-55-78-53-51-76-49-47-74-45-43-72-41-39-70-37-35-68-33-31-66-29-27-64-25-23-62-21-19-60)81-58-56-79-54-52-77-50-48-75-46-44-73-42-40-71-38-36-69-34-32-67-30-28-65-26-24-63-22-20-61/h60-61H,2-58H2,1H3. The van der Waals surface area contributed by atoms with Gasteiger partial charge in [0.15, 0.2) is 0 Å². The molecule has 0 aromatic rings. The number of rotatable bonds is 77. The first kappa shape index (κ1) is 80.1. The molecule has 0 aliphatic rings.